The number of carbonyl (C=O) groups is 1. The third-order valence-corrected chi connectivity index (χ3v) is 3.47. The molecule has 1 rings (SSSR count). The molecule has 19 heavy (non-hydrogen) atoms. The van der Waals surface area contributed by atoms with E-state index in [0.29, 0.717) is 12.8 Å². The Bertz CT molecular complexity index is 426. The third-order valence-electron chi connectivity index (χ3n) is 2.85. The van der Waals surface area contributed by atoms with E-state index in [2.05, 4.69) is 5.32 Å². The molecule has 1 aliphatic carbocycles. The summed E-state index contributed by atoms with van der Waals surface area (Å²) in [7, 11) is -3.46. The number of hydrogen-bond donors (Lipinski definition) is 1. The second-order valence-electron chi connectivity index (χ2n) is 6.12. The summed E-state index contributed by atoms with van der Waals surface area (Å²) in [5, 5.41) is 2.76. The summed E-state index contributed by atoms with van der Waals surface area (Å²) in [5.74, 6) is 0.152. The highest BCUT2D eigenvalue weighted by atomic mass is 32.2. The zero-order chi connectivity index (χ0) is 14.8. The van der Waals surface area contributed by atoms with Crippen molar-refractivity contribution in [3.8, 4) is 0 Å². The van der Waals surface area contributed by atoms with E-state index < -0.39 is 21.8 Å². The molecule has 7 heteroatoms. The van der Waals surface area contributed by atoms with Gasteiger partial charge in [0.2, 0.25) is 0 Å². The zero-order valence-corrected chi connectivity index (χ0v) is 12.9. The molecule has 0 radical (unpaired) electrons. The second-order valence-corrected chi connectivity index (χ2v) is 7.72. The van der Waals surface area contributed by atoms with Crippen molar-refractivity contribution in [1.29, 1.82) is 0 Å². The van der Waals surface area contributed by atoms with E-state index in [0.717, 1.165) is 6.26 Å². The molecule has 1 amide bonds. The molecule has 0 saturated heterocycles. The Morgan fingerprint density at radius 2 is 1.84 bits per heavy atom. The van der Waals surface area contributed by atoms with Crippen LogP contribution < -0.4 is 5.32 Å². The fraction of sp³-hybridized carbons (Fsp3) is 0.917. The van der Waals surface area contributed by atoms with E-state index in [9.17, 15) is 13.2 Å². The van der Waals surface area contributed by atoms with Crippen LogP contribution in [0.2, 0.25) is 0 Å². The van der Waals surface area contributed by atoms with Crippen LogP contribution in [0.15, 0.2) is 0 Å². The molecule has 1 fully saturated rings. The maximum Gasteiger partial charge on any atom is 0.407 e. The van der Waals surface area contributed by atoms with E-state index in [4.69, 9.17) is 8.92 Å². The Labute approximate surface area is 115 Å². The van der Waals surface area contributed by atoms with Crippen LogP contribution >= 0.6 is 0 Å². The number of rotatable bonds is 3. The topological polar surface area (TPSA) is 81.7 Å². The van der Waals surface area contributed by atoms with E-state index in [1.165, 1.54) is 0 Å². The summed E-state index contributed by atoms with van der Waals surface area (Å²) >= 11 is 0. The first-order chi connectivity index (χ1) is 8.46. The van der Waals surface area contributed by atoms with Gasteiger partial charge in [-0.1, -0.05) is 6.92 Å². The molecule has 0 unspecified atom stereocenters. The van der Waals surface area contributed by atoms with Crippen molar-refractivity contribution in [3.05, 3.63) is 0 Å². The van der Waals surface area contributed by atoms with Crippen molar-refractivity contribution in [3.63, 3.8) is 0 Å². The SMILES string of the molecule is C[C@@H]1C[C@H](OS(C)(=O)=O)C[C@H]1NC(=O)OC(C)(C)C. The summed E-state index contributed by atoms with van der Waals surface area (Å²) in [5.41, 5.74) is -0.547. The van der Waals surface area contributed by atoms with Crippen molar-refractivity contribution in [1.82, 2.24) is 5.32 Å². The van der Waals surface area contributed by atoms with E-state index in [1.54, 1.807) is 20.8 Å². The monoisotopic (exact) mass is 293 g/mol. The molecule has 1 aliphatic rings. The van der Waals surface area contributed by atoms with Crippen LogP contribution in [0.5, 0.6) is 0 Å². The summed E-state index contributed by atoms with van der Waals surface area (Å²) in [6, 6.07) is -0.124. The van der Waals surface area contributed by atoms with Crippen LogP contribution in [-0.2, 0) is 19.0 Å². The minimum atomic E-state index is -3.46. The lowest BCUT2D eigenvalue weighted by molar-refractivity contribution is 0.0493. The second kappa shape index (κ2) is 5.66. The lowest BCUT2D eigenvalue weighted by Gasteiger charge is -2.23. The van der Waals surface area contributed by atoms with E-state index in [1.807, 2.05) is 6.92 Å². The van der Waals surface area contributed by atoms with Gasteiger partial charge in [-0.05, 0) is 39.5 Å². The summed E-state index contributed by atoms with van der Waals surface area (Å²) in [4.78, 5) is 11.7. The summed E-state index contributed by atoms with van der Waals surface area (Å²) in [6.07, 6.45) is 1.27. The lowest BCUT2D eigenvalue weighted by Crippen LogP contribution is -2.40. The van der Waals surface area contributed by atoms with Crippen LogP contribution in [-0.4, -0.2) is 38.5 Å². The standard InChI is InChI=1S/C12H23NO5S/c1-8-6-9(18-19(5,15)16)7-10(8)13-11(14)17-12(2,3)4/h8-10H,6-7H2,1-5H3,(H,13,14)/t8-,9+,10-/m1/s1. The first-order valence-corrected chi connectivity index (χ1v) is 8.16. The quantitative estimate of drug-likeness (QED) is 0.800. The maximum atomic E-state index is 11.7. The fourth-order valence-electron chi connectivity index (χ4n) is 2.18. The molecule has 0 aromatic carbocycles. The van der Waals surface area contributed by atoms with Crippen molar-refractivity contribution in [2.75, 3.05) is 6.26 Å². The molecule has 0 aromatic heterocycles. The van der Waals surface area contributed by atoms with Gasteiger partial charge in [0.25, 0.3) is 10.1 Å². The number of amides is 1. The van der Waals surface area contributed by atoms with Gasteiger partial charge >= 0.3 is 6.09 Å². The Morgan fingerprint density at radius 3 is 2.32 bits per heavy atom. The largest absolute Gasteiger partial charge is 0.444 e. The molecule has 6 nitrogen and oxygen atoms in total. The van der Waals surface area contributed by atoms with E-state index in [-0.39, 0.29) is 18.1 Å². The molecule has 0 bridgehead atoms. The average molecular weight is 293 g/mol. The average Bonchev–Trinajstić information content (AvgIpc) is 2.39. The number of carbonyl (C=O) groups excluding carboxylic acids is 1. The summed E-state index contributed by atoms with van der Waals surface area (Å²) in [6.45, 7) is 7.33. The lowest BCUT2D eigenvalue weighted by atomic mass is 10.1. The molecular weight excluding hydrogens is 270 g/mol. The molecule has 1 saturated carbocycles. The normalized spacial score (nSPS) is 28.2. The van der Waals surface area contributed by atoms with E-state index >= 15 is 0 Å². The molecule has 0 aliphatic heterocycles. The first kappa shape index (κ1) is 16.2. The molecular formula is C12H23NO5S. The molecule has 1 N–H and O–H groups in total. The maximum absolute atomic E-state index is 11.7. The number of nitrogens with one attached hydrogen (secondary N) is 1. The van der Waals surface area contributed by atoms with Gasteiger partial charge in [-0.3, -0.25) is 4.18 Å². The van der Waals surface area contributed by atoms with Crippen LogP contribution in [0.3, 0.4) is 0 Å². The van der Waals surface area contributed by atoms with Crippen molar-refractivity contribution < 1.29 is 22.1 Å². The number of ether oxygens (including phenoxy) is 1. The van der Waals surface area contributed by atoms with Crippen LogP contribution in [0, 0.1) is 5.92 Å². The highest BCUT2D eigenvalue weighted by Gasteiger charge is 2.35. The molecule has 112 valence electrons. The Balaban J connectivity index is 2.50. The minimum Gasteiger partial charge on any atom is -0.444 e. The zero-order valence-electron chi connectivity index (χ0n) is 12.1. The molecule has 0 aromatic rings. The van der Waals surface area contributed by atoms with Crippen molar-refractivity contribution in [2.24, 2.45) is 5.92 Å². The van der Waals surface area contributed by atoms with Crippen LogP contribution in [0.25, 0.3) is 0 Å². The van der Waals surface area contributed by atoms with Gasteiger partial charge in [0.1, 0.15) is 5.60 Å². The van der Waals surface area contributed by atoms with Crippen molar-refractivity contribution >= 4 is 16.2 Å². The third kappa shape index (κ3) is 6.24. The van der Waals surface area contributed by atoms with Crippen LogP contribution in [0.1, 0.15) is 40.5 Å². The van der Waals surface area contributed by atoms with Crippen molar-refractivity contribution in [2.45, 2.75) is 58.3 Å². The number of alkyl carbamates (subject to hydrolysis) is 1. The van der Waals surface area contributed by atoms with Gasteiger partial charge in [-0.25, -0.2) is 4.79 Å². The highest BCUT2D eigenvalue weighted by Crippen LogP contribution is 2.29. The summed E-state index contributed by atoms with van der Waals surface area (Å²) < 4.78 is 32.3. The van der Waals surface area contributed by atoms with Gasteiger partial charge in [-0.2, -0.15) is 8.42 Å². The van der Waals surface area contributed by atoms with Gasteiger partial charge in [0.15, 0.2) is 0 Å². The molecule has 3 atom stereocenters. The van der Waals surface area contributed by atoms with Gasteiger partial charge < -0.3 is 10.1 Å². The number of hydrogen-bond acceptors (Lipinski definition) is 5. The fourth-order valence-corrected chi connectivity index (χ4v) is 2.83. The first-order valence-electron chi connectivity index (χ1n) is 6.34. The smallest absolute Gasteiger partial charge is 0.407 e. The molecule has 0 spiro atoms. The van der Waals surface area contributed by atoms with Gasteiger partial charge in [0, 0.05) is 6.04 Å². The predicted octanol–water partition coefficient (Wildman–Crippen LogP) is 1.65. The van der Waals surface area contributed by atoms with Gasteiger partial charge in [-0.15, -0.1) is 0 Å². The molecule has 0 heterocycles. The highest BCUT2D eigenvalue weighted by molar-refractivity contribution is 7.86. The van der Waals surface area contributed by atoms with Crippen LogP contribution in [0.4, 0.5) is 4.79 Å². The minimum absolute atomic E-state index is 0.124. The predicted molar refractivity (Wildman–Crippen MR) is 71.3 cm³/mol. The Hall–Kier alpha value is -0.820. The Kier molecular flexibility index (Phi) is 4.84. The Morgan fingerprint density at radius 1 is 1.26 bits per heavy atom. The van der Waals surface area contributed by atoms with Gasteiger partial charge in [0.05, 0.1) is 12.4 Å².